The number of hydrogen-bond donors (Lipinski definition) is 0. The molecule has 1 aromatic carbocycles. The van der Waals surface area contributed by atoms with E-state index in [1.165, 1.54) is 0 Å². The van der Waals surface area contributed by atoms with Crippen molar-refractivity contribution in [2.24, 2.45) is 0 Å². The van der Waals surface area contributed by atoms with Gasteiger partial charge in [-0.2, -0.15) is 0 Å². The molecule has 5 heteroatoms. The monoisotopic (exact) mass is 295 g/mol. The van der Waals surface area contributed by atoms with Gasteiger partial charge in [-0.15, -0.1) is 0 Å². The maximum atomic E-state index is 5.89. The molecule has 1 heterocycles. The Labute approximate surface area is 126 Å². The first-order chi connectivity index (χ1) is 10.1. The first-order valence-corrected chi connectivity index (χ1v) is 7.35. The Morgan fingerprint density at radius 3 is 2.19 bits per heavy atom. The molecule has 0 saturated carbocycles. The Kier molecular flexibility index (Phi) is 5.70. The van der Waals surface area contributed by atoms with Gasteiger partial charge in [-0.1, -0.05) is 6.07 Å². The van der Waals surface area contributed by atoms with Crippen molar-refractivity contribution < 1.29 is 18.9 Å². The van der Waals surface area contributed by atoms with Crippen molar-refractivity contribution in [1.82, 2.24) is 4.90 Å². The normalized spacial score (nSPS) is 22.9. The highest BCUT2D eigenvalue weighted by Crippen LogP contribution is 2.36. The van der Waals surface area contributed by atoms with Crippen molar-refractivity contribution in [2.45, 2.75) is 26.1 Å². The van der Waals surface area contributed by atoms with Crippen LogP contribution in [-0.2, 0) is 4.74 Å². The summed E-state index contributed by atoms with van der Waals surface area (Å²) in [6.07, 6.45) is 0.545. The molecule has 0 bridgehead atoms. The fraction of sp³-hybridized carbons (Fsp3) is 0.625. The Morgan fingerprint density at radius 1 is 1.10 bits per heavy atom. The molecule has 2 atom stereocenters. The molecular weight excluding hydrogens is 270 g/mol. The number of para-hydroxylation sites is 1. The number of methoxy groups -OCH3 is 2. The largest absolute Gasteiger partial charge is 0.493 e. The summed E-state index contributed by atoms with van der Waals surface area (Å²) < 4.78 is 22.3. The molecule has 1 aliphatic heterocycles. The van der Waals surface area contributed by atoms with E-state index in [2.05, 4.69) is 18.7 Å². The molecule has 0 aromatic heterocycles. The maximum absolute atomic E-state index is 5.89. The zero-order valence-electron chi connectivity index (χ0n) is 13.3. The molecule has 0 radical (unpaired) electrons. The molecule has 1 aromatic rings. The predicted octanol–water partition coefficient (Wildman–Crippen LogP) is 2.19. The third-order valence-electron chi connectivity index (χ3n) is 3.53. The van der Waals surface area contributed by atoms with E-state index in [0.717, 1.165) is 19.6 Å². The Morgan fingerprint density at radius 2 is 1.67 bits per heavy atom. The molecule has 2 rings (SSSR count). The first kappa shape index (κ1) is 15.9. The zero-order chi connectivity index (χ0) is 15.2. The summed E-state index contributed by atoms with van der Waals surface area (Å²) in [5, 5.41) is 0. The van der Waals surface area contributed by atoms with E-state index in [1.54, 1.807) is 14.2 Å². The van der Waals surface area contributed by atoms with E-state index in [4.69, 9.17) is 18.9 Å². The van der Waals surface area contributed by atoms with Gasteiger partial charge in [0, 0.05) is 19.6 Å². The molecule has 0 N–H and O–H groups in total. The van der Waals surface area contributed by atoms with E-state index in [1.807, 2.05) is 18.2 Å². The van der Waals surface area contributed by atoms with E-state index in [0.29, 0.717) is 23.9 Å². The quantitative estimate of drug-likeness (QED) is 0.804. The fourth-order valence-electron chi connectivity index (χ4n) is 2.70. The van der Waals surface area contributed by atoms with Gasteiger partial charge in [0.15, 0.2) is 11.5 Å². The number of hydrogen-bond acceptors (Lipinski definition) is 5. The third-order valence-corrected chi connectivity index (χ3v) is 3.53. The van der Waals surface area contributed by atoms with Crippen molar-refractivity contribution in [3.8, 4) is 17.2 Å². The van der Waals surface area contributed by atoms with Crippen molar-refractivity contribution in [3.05, 3.63) is 18.2 Å². The van der Waals surface area contributed by atoms with Gasteiger partial charge >= 0.3 is 0 Å². The summed E-state index contributed by atoms with van der Waals surface area (Å²) in [5.74, 6) is 2.05. The average molecular weight is 295 g/mol. The van der Waals surface area contributed by atoms with Crippen LogP contribution in [0.25, 0.3) is 0 Å². The molecule has 0 spiro atoms. The number of morpholine rings is 1. The minimum Gasteiger partial charge on any atom is -0.493 e. The predicted molar refractivity (Wildman–Crippen MR) is 81.5 cm³/mol. The number of nitrogens with zero attached hydrogens (tertiary/aromatic N) is 1. The van der Waals surface area contributed by atoms with Crippen LogP contribution in [0, 0.1) is 0 Å². The molecular formula is C16H25NO4. The molecule has 118 valence electrons. The molecule has 1 aliphatic rings. The van der Waals surface area contributed by atoms with Crippen LogP contribution in [0.3, 0.4) is 0 Å². The molecule has 0 unspecified atom stereocenters. The average Bonchev–Trinajstić information content (AvgIpc) is 2.46. The van der Waals surface area contributed by atoms with Gasteiger partial charge in [-0.25, -0.2) is 0 Å². The van der Waals surface area contributed by atoms with Crippen molar-refractivity contribution in [3.63, 3.8) is 0 Å². The van der Waals surface area contributed by atoms with Gasteiger partial charge in [0.25, 0.3) is 0 Å². The lowest BCUT2D eigenvalue weighted by Gasteiger charge is -2.35. The summed E-state index contributed by atoms with van der Waals surface area (Å²) in [5.41, 5.74) is 0. The number of rotatable bonds is 6. The highest BCUT2D eigenvalue weighted by atomic mass is 16.5. The van der Waals surface area contributed by atoms with E-state index >= 15 is 0 Å². The van der Waals surface area contributed by atoms with Crippen LogP contribution in [0.5, 0.6) is 17.2 Å². The van der Waals surface area contributed by atoms with Crippen LogP contribution in [0.1, 0.15) is 13.8 Å². The van der Waals surface area contributed by atoms with E-state index in [9.17, 15) is 0 Å². The molecule has 0 aliphatic carbocycles. The number of benzene rings is 1. The van der Waals surface area contributed by atoms with Gasteiger partial charge < -0.3 is 18.9 Å². The topological polar surface area (TPSA) is 40.2 Å². The summed E-state index contributed by atoms with van der Waals surface area (Å²) in [6, 6.07) is 5.63. The molecule has 1 fully saturated rings. The molecule has 1 saturated heterocycles. The summed E-state index contributed by atoms with van der Waals surface area (Å²) in [6.45, 7) is 7.54. The van der Waals surface area contributed by atoms with Crippen LogP contribution >= 0.6 is 0 Å². The van der Waals surface area contributed by atoms with Crippen LogP contribution in [0.4, 0.5) is 0 Å². The molecule has 0 amide bonds. The Hall–Kier alpha value is -1.46. The standard InChI is InChI=1S/C16H25NO4/c1-12-10-17(11-13(2)21-12)8-9-20-16-14(18-3)6-5-7-15(16)19-4/h5-7,12-13H,8-11H2,1-4H3/t12-,13-/m1/s1. The highest BCUT2D eigenvalue weighted by molar-refractivity contribution is 5.51. The SMILES string of the molecule is COc1cccc(OC)c1OCCN1C[C@@H](C)O[C@H](C)C1. The summed E-state index contributed by atoms with van der Waals surface area (Å²) in [7, 11) is 3.26. The van der Waals surface area contributed by atoms with Crippen LogP contribution < -0.4 is 14.2 Å². The summed E-state index contributed by atoms with van der Waals surface area (Å²) >= 11 is 0. The smallest absolute Gasteiger partial charge is 0.203 e. The second kappa shape index (κ2) is 7.52. The van der Waals surface area contributed by atoms with Gasteiger partial charge in [-0.3, -0.25) is 4.90 Å². The van der Waals surface area contributed by atoms with Crippen molar-refractivity contribution >= 4 is 0 Å². The fourth-order valence-corrected chi connectivity index (χ4v) is 2.70. The third kappa shape index (κ3) is 4.25. The minimum atomic E-state index is 0.273. The van der Waals surface area contributed by atoms with Crippen LogP contribution in [-0.4, -0.2) is 57.6 Å². The highest BCUT2D eigenvalue weighted by Gasteiger charge is 2.22. The lowest BCUT2D eigenvalue weighted by molar-refractivity contribution is -0.0700. The first-order valence-electron chi connectivity index (χ1n) is 7.35. The van der Waals surface area contributed by atoms with Gasteiger partial charge in [0.2, 0.25) is 5.75 Å². The molecule has 21 heavy (non-hydrogen) atoms. The van der Waals surface area contributed by atoms with Gasteiger partial charge in [0.1, 0.15) is 6.61 Å². The van der Waals surface area contributed by atoms with Crippen LogP contribution in [0.15, 0.2) is 18.2 Å². The maximum Gasteiger partial charge on any atom is 0.203 e. The Balaban J connectivity index is 1.91. The minimum absolute atomic E-state index is 0.273. The second-order valence-corrected chi connectivity index (χ2v) is 5.36. The lowest BCUT2D eigenvalue weighted by Crippen LogP contribution is -2.46. The number of ether oxygens (including phenoxy) is 4. The van der Waals surface area contributed by atoms with Crippen molar-refractivity contribution in [2.75, 3.05) is 40.5 Å². The van der Waals surface area contributed by atoms with Gasteiger partial charge in [-0.05, 0) is 26.0 Å². The van der Waals surface area contributed by atoms with Gasteiger partial charge in [0.05, 0.1) is 26.4 Å². The summed E-state index contributed by atoms with van der Waals surface area (Å²) in [4.78, 5) is 2.36. The van der Waals surface area contributed by atoms with E-state index in [-0.39, 0.29) is 12.2 Å². The Bertz CT molecular complexity index is 420. The zero-order valence-corrected chi connectivity index (χ0v) is 13.3. The second-order valence-electron chi connectivity index (χ2n) is 5.36. The molecule has 5 nitrogen and oxygen atoms in total. The van der Waals surface area contributed by atoms with Crippen LogP contribution in [0.2, 0.25) is 0 Å². The van der Waals surface area contributed by atoms with Crippen molar-refractivity contribution in [1.29, 1.82) is 0 Å². The van der Waals surface area contributed by atoms with E-state index < -0.39 is 0 Å². The lowest BCUT2D eigenvalue weighted by atomic mass is 10.2.